The molecular formula is C19H17N5O2S. The van der Waals surface area contributed by atoms with Gasteiger partial charge in [0.15, 0.2) is 5.41 Å². The van der Waals surface area contributed by atoms with Gasteiger partial charge in [-0.05, 0) is 34.9 Å². The van der Waals surface area contributed by atoms with Crippen LogP contribution in [0.4, 0.5) is 4.79 Å². The van der Waals surface area contributed by atoms with Crippen LogP contribution in [0.15, 0.2) is 39.7 Å². The van der Waals surface area contributed by atoms with Crippen LogP contribution in [0.25, 0.3) is 0 Å². The number of hydrogen-bond donors (Lipinski definition) is 1. The summed E-state index contributed by atoms with van der Waals surface area (Å²) in [4.78, 5) is 13.7. The average Bonchev–Trinajstić information content (AvgIpc) is 3.21. The summed E-state index contributed by atoms with van der Waals surface area (Å²) in [5, 5.41) is 33.2. The molecule has 2 N–H and O–H groups in total. The van der Waals surface area contributed by atoms with Gasteiger partial charge >= 0.3 is 6.09 Å². The van der Waals surface area contributed by atoms with Crippen LogP contribution in [0.2, 0.25) is 0 Å². The monoisotopic (exact) mass is 379 g/mol. The van der Waals surface area contributed by atoms with Gasteiger partial charge in [-0.3, -0.25) is 0 Å². The van der Waals surface area contributed by atoms with E-state index >= 15 is 0 Å². The molecule has 1 aromatic rings. The van der Waals surface area contributed by atoms with E-state index in [-0.39, 0.29) is 31.0 Å². The van der Waals surface area contributed by atoms with E-state index in [0.29, 0.717) is 5.57 Å². The van der Waals surface area contributed by atoms with Crippen LogP contribution in [0, 0.1) is 45.3 Å². The standard InChI is InChI=1S/C19H17N5O2S/c1-2-26-18(25)24-5-3-13-14(7-20)17(23)19(10-21,11-22)16(15(13)8-24)12-4-6-27-9-12/h3-4,6,9,15-16H,2,5,8,23H2,1H3/t15-,16+/m0/s1. The minimum absolute atomic E-state index is 0.0155. The summed E-state index contributed by atoms with van der Waals surface area (Å²) >= 11 is 1.45. The SMILES string of the molecule is CCOC(=O)N1CC=C2C(C#N)=C(N)C(C#N)(C#N)[C@H](c3ccsc3)[C@H]2C1. The van der Waals surface area contributed by atoms with Gasteiger partial charge in [-0.15, -0.1) is 0 Å². The Hall–Kier alpha value is -3.28. The minimum atomic E-state index is -1.67. The number of nitriles is 3. The van der Waals surface area contributed by atoms with Crippen LogP contribution < -0.4 is 5.73 Å². The Balaban J connectivity index is 2.20. The number of nitrogens with two attached hydrogens (primary N) is 1. The van der Waals surface area contributed by atoms with Gasteiger partial charge in [0, 0.05) is 24.9 Å². The zero-order valence-corrected chi connectivity index (χ0v) is 15.5. The second-order valence-electron chi connectivity index (χ2n) is 6.34. The number of carbonyl (C=O) groups excluding carboxylic acids is 1. The highest BCUT2D eigenvalue weighted by Gasteiger charge is 2.54. The highest BCUT2D eigenvalue weighted by atomic mass is 32.1. The summed E-state index contributed by atoms with van der Waals surface area (Å²) in [6.07, 6.45) is 1.31. The van der Waals surface area contributed by atoms with Crippen molar-refractivity contribution < 1.29 is 9.53 Å². The molecule has 1 aromatic heterocycles. The number of fused-ring (bicyclic) bond motifs is 1. The number of hydrogen-bond acceptors (Lipinski definition) is 7. The molecule has 2 heterocycles. The van der Waals surface area contributed by atoms with E-state index in [1.165, 1.54) is 16.2 Å². The van der Waals surface area contributed by atoms with Gasteiger partial charge in [0.1, 0.15) is 6.07 Å². The van der Waals surface area contributed by atoms with Crippen LogP contribution in [-0.4, -0.2) is 30.7 Å². The van der Waals surface area contributed by atoms with E-state index in [0.717, 1.165) is 5.56 Å². The molecule has 0 bridgehead atoms. The van der Waals surface area contributed by atoms with Crippen LogP contribution in [-0.2, 0) is 4.74 Å². The van der Waals surface area contributed by atoms with Crippen LogP contribution >= 0.6 is 11.3 Å². The normalized spacial score (nSPS) is 23.3. The minimum Gasteiger partial charge on any atom is -0.450 e. The molecule has 2 aliphatic rings. The molecular weight excluding hydrogens is 362 g/mol. The van der Waals surface area contributed by atoms with Crippen LogP contribution in [0.1, 0.15) is 18.4 Å². The number of ether oxygens (including phenoxy) is 1. The lowest BCUT2D eigenvalue weighted by molar-refractivity contribution is 0.0999. The molecule has 3 rings (SSSR count). The lowest BCUT2D eigenvalue weighted by Crippen LogP contribution is -2.49. The number of nitrogens with zero attached hydrogens (tertiary/aromatic N) is 4. The molecule has 0 fully saturated rings. The smallest absolute Gasteiger partial charge is 0.410 e. The first-order valence-electron chi connectivity index (χ1n) is 8.41. The summed E-state index contributed by atoms with van der Waals surface area (Å²) in [6.45, 7) is 2.51. The van der Waals surface area contributed by atoms with Gasteiger partial charge < -0.3 is 15.4 Å². The third kappa shape index (κ3) is 2.73. The van der Waals surface area contributed by atoms with Gasteiger partial charge in [-0.1, -0.05) is 6.08 Å². The number of carbonyl (C=O) groups is 1. The Labute approximate surface area is 161 Å². The van der Waals surface area contributed by atoms with E-state index in [4.69, 9.17) is 10.5 Å². The van der Waals surface area contributed by atoms with E-state index in [1.807, 2.05) is 16.8 Å². The molecule has 0 spiro atoms. The number of amides is 1. The lowest BCUT2D eigenvalue weighted by Gasteiger charge is -2.45. The Bertz CT molecular complexity index is 928. The van der Waals surface area contributed by atoms with Gasteiger partial charge in [-0.25, -0.2) is 4.79 Å². The molecule has 2 atom stereocenters. The second-order valence-corrected chi connectivity index (χ2v) is 7.12. The fraction of sp³-hybridized carbons (Fsp3) is 0.368. The Morgan fingerprint density at radius 3 is 2.74 bits per heavy atom. The molecule has 0 aromatic carbocycles. The van der Waals surface area contributed by atoms with Crippen molar-refractivity contribution in [2.24, 2.45) is 17.1 Å². The topological polar surface area (TPSA) is 127 Å². The molecule has 0 radical (unpaired) electrons. The highest BCUT2D eigenvalue weighted by Crippen LogP contribution is 2.54. The molecule has 0 unspecified atom stereocenters. The van der Waals surface area contributed by atoms with Crippen molar-refractivity contribution in [1.29, 1.82) is 15.8 Å². The number of allylic oxidation sites excluding steroid dienone is 2. The van der Waals surface area contributed by atoms with E-state index < -0.39 is 23.3 Å². The van der Waals surface area contributed by atoms with Gasteiger partial charge in [-0.2, -0.15) is 27.1 Å². The van der Waals surface area contributed by atoms with Crippen molar-refractivity contribution in [3.63, 3.8) is 0 Å². The first-order valence-corrected chi connectivity index (χ1v) is 9.35. The third-order valence-electron chi connectivity index (χ3n) is 5.09. The highest BCUT2D eigenvalue weighted by molar-refractivity contribution is 7.08. The molecule has 0 saturated heterocycles. The van der Waals surface area contributed by atoms with Crippen LogP contribution in [0.5, 0.6) is 0 Å². The number of thiophene rings is 1. The molecule has 0 saturated carbocycles. The summed E-state index contributed by atoms with van der Waals surface area (Å²) in [5.41, 5.74) is 6.16. The number of rotatable bonds is 2. The predicted molar refractivity (Wildman–Crippen MR) is 97.7 cm³/mol. The van der Waals surface area contributed by atoms with Crippen LogP contribution in [0.3, 0.4) is 0 Å². The van der Waals surface area contributed by atoms with E-state index in [1.54, 1.807) is 13.0 Å². The van der Waals surface area contributed by atoms with Crippen molar-refractivity contribution in [3.05, 3.63) is 45.3 Å². The first-order chi connectivity index (χ1) is 13.0. The molecule has 1 aliphatic carbocycles. The quantitative estimate of drug-likeness (QED) is 0.841. The third-order valence-corrected chi connectivity index (χ3v) is 5.79. The van der Waals surface area contributed by atoms with E-state index in [2.05, 4.69) is 18.2 Å². The van der Waals surface area contributed by atoms with Crippen molar-refractivity contribution in [1.82, 2.24) is 4.90 Å². The maximum absolute atomic E-state index is 12.2. The second kappa shape index (κ2) is 7.15. The van der Waals surface area contributed by atoms with Crippen molar-refractivity contribution in [2.75, 3.05) is 19.7 Å². The molecule has 7 nitrogen and oxygen atoms in total. The predicted octanol–water partition coefficient (Wildman–Crippen LogP) is 2.63. The summed E-state index contributed by atoms with van der Waals surface area (Å²) in [7, 11) is 0. The molecule has 136 valence electrons. The maximum Gasteiger partial charge on any atom is 0.410 e. The first kappa shape index (κ1) is 18.5. The summed E-state index contributed by atoms with van der Waals surface area (Å²) < 4.78 is 5.09. The fourth-order valence-electron chi connectivity index (χ4n) is 3.87. The van der Waals surface area contributed by atoms with Crippen molar-refractivity contribution in [2.45, 2.75) is 12.8 Å². The largest absolute Gasteiger partial charge is 0.450 e. The molecule has 1 aliphatic heterocycles. The summed E-state index contributed by atoms with van der Waals surface area (Å²) in [6, 6.07) is 8.05. The zero-order chi connectivity index (χ0) is 19.6. The molecule has 8 heteroatoms. The summed E-state index contributed by atoms with van der Waals surface area (Å²) in [5.74, 6) is -0.988. The Kier molecular flexibility index (Phi) is 4.90. The zero-order valence-electron chi connectivity index (χ0n) is 14.7. The molecule has 1 amide bonds. The van der Waals surface area contributed by atoms with Gasteiger partial charge in [0.05, 0.1) is 30.0 Å². The fourth-order valence-corrected chi connectivity index (χ4v) is 4.57. The Morgan fingerprint density at radius 1 is 1.44 bits per heavy atom. The van der Waals surface area contributed by atoms with Crippen molar-refractivity contribution in [3.8, 4) is 18.2 Å². The Morgan fingerprint density at radius 2 is 2.19 bits per heavy atom. The van der Waals surface area contributed by atoms with Gasteiger partial charge in [0.25, 0.3) is 0 Å². The maximum atomic E-state index is 12.2. The van der Waals surface area contributed by atoms with Crippen molar-refractivity contribution >= 4 is 17.4 Å². The average molecular weight is 379 g/mol. The lowest BCUT2D eigenvalue weighted by atomic mass is 9.58. The van der Waals surface area contributed by atoms with E-state index in [9.17, 15) is 20.6 Å². The van der Waals surface area contributed by atoms with Gasteiger partial charge in [0.2, 0.25) is 0 Å². The molecule has 27 heavy (non-hydrogen) atoms.